The minimum absolute atomic E-state index is 0. The summed E-state index contributed by atoms with van der Waals surface area (Å²) < 4.78 is 13.6. The van der Waals surface area contributed by atoms with Gasteiger partial charge in [-0.25, -0.2) is 4.39 Å². The second kappa shape index (κ2) is 9.81. The van der Waals surface area contributed by atoms with Crippen LogP contribution in [0.5, 0.6) is 0 Å². The molecule has 0 heterocycles. The molecular weight excluding hydrogens is 382 g/mol. The molecular formula is C15H26FIN4. The van der Waals surface area contributed by atoms with Gasteiger partial charge in [0.05, 0.1) is 5.69 Å². The van der Waals surface area contributed by atoms with Gasteiger partial charge in [-0.3, -0.25) is 4.99 Å². The van der Waals surface area contributed by atoms with Gasteiger partial charge >= 0.3 is 0 Å². The van der Waals surface area contributed by atoms with Crippen LogP contribution in [0, 0.1) is 5.82 Å². The topological polar surface area (TPSA) is 22.1 Å². The highest BCUT2D eigenvalue weighted by atomic mass is 127. The number of rotatable bonds is 5. The molecule has 0 unspecified atom stereocenters. The van der Waals surface area contributed by atoms with Crippen LogP contribution >= 0.6 is 24.0 Å². The number of hydrogen-bond donors (Lipinski definition) is 0. The van der Waals surface area contributed by atoms with Gasteiger partial charge in [0.15, 0.2) is 5.96 Å². The van der Waals surface area contributed by atoms with E-state index in [1.807, 2.05) is 56.0 Å². The molecule has 0 fully saturated rings. The standard InChI is InChI=1S/C15H25FN4.HI/c1-18(2)15(19(3)4)17-11-8-12-20(5)14-10-7-6-9-13(14)16;/h6-7,9-10H,8,11-12H2,1-5H3;1H. The number of para-hydroxylation sites is 1. The molecule has 0 saturated carbocycles. The first kappa shape index (κ1) is 19.9. The molecule has 120 valence electrons. The van der Waals surface area contributed by atoms with Gasteiger partial charge in [-0.2, -0.15) is 0 Å². The first-order chi connectivity index (χ1) is 9.43. The SMILES string of the molecule is CN(C)C(=NCCCN(C)c1ccccc1F)N(C)C.I. The molecule has 0 bridgehead atoms. The normalized spacial score (nSPS) is 9.62. The number of anilines is 1. The van der Waals surface area contributed by atoms with Crippen LogP contribution in [0.4, 0.5) is 10.1 Å². The summed E-state index contributed by atoms with van der Waals surface area (Å²) in [6.45, 7) is 1.50. The number of benzene rings is 1. The molecule has 0 saturated heterocycles. The molecule has 6 heteroatoms. The van der Waals surface area contributed by atoms with Gasteiger partial charge in [-0.1, -0.05) is 12.1 Å². The van der Waals surface area contributed by atoms with E-state index in [1.165, 1.54) is 6.07 Å². The van der Waals surface area contributed by atoms with Crippen LogP contribution in [0.25, 0.3) is 0 Å². The molecule has 21 heavy (non-hydrogen) atoms. The Labute approximate surface area is 144 Å². The van der Waals surface area contributed by atoms with E-state index in [1.54, 1.807) is 12.1 Å². The lowest BCUT2D eigenvalue weighted by Gasteiger charge is -2.23. The molecule has 4 nitrogen and oxygen atoms in total. The molecule has 1 aromatic carbocycles. The van der Waals surface area contributed by atoms with Crippen molar-refractivity contribution in [2.24, 2.45) is 4.99 Å². The second-order valence-electron chi connectivity index (χ2n) is 5.20. The molecule has 0 spiro atoms. The summed E-state index contributed by atoms with van der Waals surface area (Å²) in [4.78, 5) is 10.5. The van der Waals surface area contributed by atoms with E-state index >= 15 is 0 Å². The summed E-state index contributed by atoms with van der Waals surface area (Å²) in [5.41, 5.74) is 0.636. The van der Waals surface area contributed by atoms with E-state index < -0.39 is 0 Å². The number of nitrogens with zero attached hydrogens (tertiary/aromatic N) is 4. The Kier molecular flexibility index (Phi) is 9.32. The summed E-state index contributed by atoms with van der Waals surface area (Å²) in [5, 5.41) is 0. The Hall–Kier alpha value is -1.05. The van der Waals surface area contributed by atoms with Gasteiger partial charge in [0.1, 0.15) is 5.82 Å². The van der Waals surface area contributed by atoms with E-state index in [9.17, 15) is 4.39 Å². The van der Waals surface area contributed by atoms with Gasteiger partial charge in [-0.15, -0.1) is 24.0 Å². The van der Waals surface area contributed by atoms with Crippen molar-refractivity contribution >= 4 is 35.6 Å². The largest absolute Gasteiger partial charge is 0.372 e. The number of halogens is 2. The Balaban J connectivity index is 0.00000400. The van der Waals surface area contributed by atoms with Crippen LogP contribution in [0.2, 0.25) is 0 Å². The predicted molar refractivity (Wildman–Crippen MR) is 99.4 cm³/mol. The predicted octanol–water partition coefficient (Wildman–Crippen LogP) is 2.75. The highest BCUT2D eigenvalue weighted by Gasteiger charge is 2.06. The molecule has 0 aromatic heterocycles. The molecule has 0 aliphatic rings. The van der Waals surface area contributed by atoms with Gasteiger partial charge < -0.3 is 14.7 Å². The van der Waals surface area contributed by atoms with Crippen LogP contribution in [-0.4, -0.2) is 64.1 Å². The molecule has 0 aliphatic heterocycles. The van der Waals surface area contributed by atoms with Crippen molar-refractivity contribution in [3.63, 3.8) is 0 Å². The van der Waals surface area contributed by atoms with E-state index in [0.717, 1.165) is 25.5 Å². The van der Waals surface area contributed by atoms with Crippen LogP contribution in [0.1, 0.15) is 6.42 Å². The fourth-order valence-corrected chi connectivity index (χ4v) is 2.05. The molecule has 0 amide bonds. The summed E-state index contributed by atoms with van der Waals surface area (Å²) in [6.07, 6.45) is 0.885. The molecule has 0 aliphatic carbocycles. The highest BCUT2D eigenvalue weighted by Crippen LogP contribution is 2.16. The van der Waals surface area contributed by atoms with Crippen molar-refractivity contribution < 1.29 is 4.39 Å². The van der Waals surface area contributed by atoms with E-state index in [0.29, 0.717) is 5.69 Å². The minimum atomic E-state index is -0.180. The third kappa shape index (κ3) is 6.50. The van der Waals surface area contributed by atoms with E-state index in [-0.39, 0.29) is 29.8 Å². The Bertz CT molecular complexity index is 439. The van der Waals surface area contributed by atoms with Gasteiger partial charge in [0.2, 0.25) is 0 Å². The van der Waals surface area contributed by atoms with Gasteiger partial charge in [0.25, 0.3) is 0 Å². The highest BCUT2D eigenvalue weighted by molar-refractivity contribution is 14.0. The third-order valence-electron chi connectivity index (χ3n) is 2.97. The average molecular weight is 408 g/mol. The zero-order valence-electron chi connectivity index (χ0n) is 13.5. The first-order valence-corrected chi connectivity index (χ1v) is 6.78. The maximum atomic E-state index is 13.6. The van der Waals surface area contributed by atoms with Crippen LogP contribution in [0.15, 0.2) is 29.3 Å². The van der Waals surface area contributed by atoms with Crippen LogP contribution < -0.4 is 4.90 Å². The monoisotopic (exact) mass is 408 g/mol. The second-order valence-corrected chi connectivity index (χ2v) is 5.20. The fourth-order valence-electron chi connectivity index (χ4n) is 2.05. The Morgan fingerprint density at radius 2 is 1.62 bits per heavy atom. The maximum absolute atomic E-state index is 13.6. The van der Waals surface area contributed by atoms with Crippen molar-refractivity contribution in [2.75, 3.05) is 53.2 Å². The Morgan fingerprint density at radius 1 is 1.05 bits per heavy atom. The zero-order valence-corrected chi connectivity index (χ0v) is 15.8. The summed E-state index contributed by atoms with van der Waals surface area (Å²) in [7, 11) is 9.81. The smallest absolute Gasteiger partial charge is 0.195 e. The molecule has 0 atom stereocenters. The lowest BCUT2D eigenvalue weighted by molar-refractivity contribution is 0.479. The summed E-state index contributed by atoms with van der Waals surface area (Å²) in [6, 6.07) is 6.84. The third-order valence-corrected chi connectivity index (χ3v) is 2.97. The summed E-state index contributed by atoms with van der Waals surface area (Å²) >= 11 is 0. The lowest BCUT2D eigenvalue weighted by Crippen LogP contribution is -2.35. The molecule has 1 rings (SSSR count). The molecule has 0 N–H and O–H groups in total. The average Bonchev–Trinajstić information content (AvgIpc) is 2.37. The minimum Gasteiger partial charge on any atom is -0.372 e. The van der Waals surface area contributed by atoms with Crippen molar-refractivity contribution in [3.8, 4) is 0 Å². The van der Waals surface area contributed by atoms with Crippen molar-refractivity contribution in [1.82, 2.24) is 9.80 Å². The van der Waals surface area contributed by atoms with Crippen molar-refractivity contribution in [1.29, 1.82) is 0 Å². The van der Waals surface area contributed by atoms with Crippen molar-refractivity contribution in [3.05, 3.63) is 30.1 Å². The van der Waals surface area contributed by atoms with Gasteiger partial charge in [0, 0.05) is 48.3 Å². The molecule has 0 radical (unpaired) electrons. The maximum Gasteiger partial charge on any atom is 0.195 e. The van der Waals surface area contributed by atoms with Gasteiger partial charge in [-0.05, 0) is 18.6 Å². The zero-order chi connectivity index (χ0) is 15.1. The van der Waals surface area contributed by atoms with Crippen molar-refractivity contribution in [2.45, 2.75) is 6.42 Å². The number of guanidine groups is 1. The first-order valence-electron chi connectivity index (χ1n) is 6.78. The number of aliphatic imine (C=N–C) groups is 1. The van der Waals surface area contributed by atoms with E-state index in [4.69, 9.17) is 0 Å². The lowest BCUT2D eigenvalue weighted by atomic mass is 10.2. The van der Waals surface area contributed by atoms with Crippen LogP contribution in [0.3, 0.4) is 0 Å². The van der Waals surface area contributed by atoms with E-state index in [2.05, 4.69) is 4.99 Å². The molecule has 1 aromatic rings. The fraction of sp³-hybridized carbons (Fsp3) is 0.533. The van der Waals surface area contributed by atoms with Crippen LogP contribution in [-0.2, 0) is 0 Å². The number of hydrogen-bond acceptors (Lipinski definition) is 2. The Morgan fingerprint density at radius 3 is 2.14 bits per heavy atom. The quantitative estimate of drug-likeness (QED) is 0.324. The summed E-state index contributed by atoms with van der Waals surface area (Å²) in [5.74, 6) is 0.763.